The van der Waals surface area contributed by atoms with Crippen molar-refractivity contribution >= 4 is 5.78 Å². The monoisotopic (exact) mass is 347 g/mol. The summed E-state index contributed by atoms with van der Waals surface area (Å²) in [5, 5.41) is 4.87. The molecule has 3 atom stereocenters. The van der Waals surface area contributed by atoms with Gasteiger partial charge in [0.15, 0.2) is 5.78 Å². The second kappa shape index (κ2) is 6.25. The van der Waals surface area contributed by atoms with Crippen LogP contribution in [0, 0.1) is 18.4 Å². The van der Waals surface area contributed by atoms with Crippen molar-refractivity contribution in [3.05, 3.63) is 64.8 Å². The molecule has 134 valence electrons. The van der Waals surface area contributed by atoms with Crippen molar-refractivity contribution in [3.63, 3.8) is 0 Å². The third-order valence-corrected chi connectivity index (χ3v) is 6.00. The third kappa shape index (κ3) is 2.34. The maximum Gasteiger partial charge on any atom is 0.226 e. The van der Waals surface area contributed by atoms with Crippen LogP contribution in [0.2, 0.25) is 0 Å². The molecule has 0 radical (unpaired) electrons. The Kier molecular flexibility index (Phi) is 4.36. The quantitative estimate of drug-likeness (QED) is 0.709. The van der Waals surface area contributed by atoms with Crippen molar-refractivity contribution in [1.29, 1.82) is 0 Å². The van der Waals surface area contributed by atoms with Crippen LogP contribution in [0.3, 0.4) is 0 Å². The summed E-state index contributed by atoms with van der Waals surface area (Å²) in [5.74, 6) is 0.0612. The molecule has 0 amide bonds. The molecule has 2 aromatic rings. The Bertz CT molecular complexity index is 932. The molecule has 4 nitrogen and oxygen atoms in total. The highest BCUT2D eigenvalue weighted by Gasteiger charge is 2.50. The van der Waals surface area contributed by atoms with Crippen LogP contribution < -0.4 is 0 Å². The van der Waals surface area contributed by atoms with Gasteiger partial charge in [0.1, 0.15) is 0 Å². The van der Waals surface area contributed by atoms with Gasteiger partial charge in [0.05, 0.1) is 18.0 Å². The van der Waals surface area contributed by atoms with E-state index in [1.165, 1.54) is 5.56 Å². The van der Waals surface area contributed by atoms with E-state index in [0.717, 1.165) is 29.8 Å². The lowest BCUT2D eigenvalue weighted by Crippen LogP contribution is -2.45. The van der Waals surface area contributed by atoms with E-state index >= 15 is 0 Å². The van der Waals surface area contributed by atoms with Gasteiger partial charge in [-0.15, -0.1) is 0 Å². The van der Waals surface area contributed by atoms with E-state index in [1.54, 1.807) is 0 Å². The number of allylic oxidation sites excluding steroid dienone is 2. The van der Waals surface area contributed by atoms with Gasteiger partial charge in [0.2, 0.25) is 5.70 Å². The van der Waals surface area contributed by atoms with Gasteiger partial charge in [-0.1, -0.05) is 57.7 Å². The van der Waals surface area contributed by atoms with Gasteiger partial charge in [-0.3, -0.25) is 4.68 Å². The van der Waals surface area contributed by atoms with E-state index in [2.05, 4.69) is 23.9 Å². The van der Waals surface area contributed by atoms with Gasteiger partial charge in [-0.05, 0) is 18.8 Å². The van der Waals surface area contributed by atoms with Crippen LogP contribution in [0.15, 0.2) is 42.1 Å². The zero-order valence-corrected chi connectivity index (χ0v) is 14.8. The predicted molar refractivity (Wildman–Crippen MR) is 103 cm³/mol. The highest BCUT2D eigenvalue weighted by atomic mass is 16.1. The molecule has 0 spiro atoms. The Balaban J connectivity index is 0.00000196. The fourth-order valence-corrected chi connectivity index (χ4v) is 4.77. The Morgan fingerprint density at radius 1 is 1.31 bits per heavy atom. The number of hydrogen-bond acceptors (Lipinski definition) is 2. The molecule has 0 aliphatic heterocycles. The first kappa shape index (κ1) is 18.1. The van der Waals surface area contributed by atoms with E-state index in [0.29, 0.717) is 0 Å². The van der Waals surface area contributed by atoms with Gasteiger partial charge in [0.25, 0.3) is 0 Å². The number of aromatic nitrogens is 2. The van der Waals surface area contributed by atoms with E-state index in [9.17, 15) is 4.79 Å². The minimum absolute atomic E-state index is 0. The first-order chi connectivity index (χ1) is 12.0. The summed E-state index contributed by atoms with van der Waals surface area (Å²) < 4.78 is 1.96. The normalized spacial score (nSPS) is 26.8. The molecule has 2 aliphatic carbocycles. The van der Waals surface area contributed by atoms with Gasteiger partial charge in [-0.2, -0.15) is 5.10 Å². The lowest BCUT2D eigenvalue weighted by molar-refractivity contribution is -0.121. The Morgan fingerprint density at radius 3 is 2.65 bits per heavy atom. The van der Waals surface area contributed by atoms with Gasteiger partial charge in [0, 0.05) is 29.5 Å². The Labute approximate surface area is 155 Å². The number of nitrogens with zero attached hydrogens (tertiary/aromatic N) is 3. The predicted octanol–water partition coefficient (Wildman–Crippen LogP) is 4.57. The van der Waals surface area contributed by atoms with Gasteiger partial charge < -0.3 is 4.79 Å². The largest absolute Gasteiger partial charge is 0.308 e. The lowest BCUT2D eigenvalue weighted by Gasteiger charge is -2.44. The summed E-state index contributed by atoms with van der Waals surface area (Å²) in [5.41, 5.74) is 4.52. The zero-order chi connectivity index (χ0) is 17.8. The van der Waals surface area contributed by atoms with Crippen molar-refractivity contribution in [2.75, 3.05) is 0 Å². The van der Waals surface area contributed by atoms with E-state index in [1.807, 2.05) is 42.9 Å². The van der Waals surface area contributed by atoms with Crippen LogP contribution in [0.4, 0.5) is 0 Å². The Morgan fingerprint density at radius 2 is 2.00 bits per heavy atom. The van der Waals surface area contributed by atoms with Crippen LogP contribution in [-0.2, 0) is 23.7 Å². The second-order valence-electron chi connectivity index (χ2n) is 7.39. The molecule has 4 heteroatoms. The lowest BCUT2D eigenvalue weighted by atomic mass is 9.58. The van der Waals surface area contributed by atoms with Crippen molar-refractivity contribution in [1.82, 2.24) is 9.78 Å². The molecule has 0 N–H and O–H groups in total. The van der Waals surface area contributed by atoms with E-state index in [-0.39, 0.29) is 36.2 Å². The van der Waals surface area contributed by atoms with Crippen LogP contribution in [0.1, 0.15) is 39.0 Å². The van der Waals surface area contributed by atoms with Gasteiger partial charge >= 0.3 is 0 Å². The van der Waals surface area contributed by atoms with E-state index in [4.69, 9.17) is 11.7 Å². The van der Waals surface area contributed by atoms with Gasteiger partial charge in [-0.25, -0.2) is 4.85 Å². The number of fused-ring (bicyclic) bond motifs is 3. The molecule has 1 aromatic carbocycles. The molecule has 4 rings (SSSR count). The van der Waals surface area contributed by atoms with Crippen LogP contribution in [0.5, 0.6) is 0 Å². The van der Waals surface area contributed by atoms with Crippen molar-refractivity contribution in [2.24, 2.45) is 18.9 Å². The molecule has 26 heavy (non-hydrogen) atoms. The average molecular weight is 347 g/mol. The fraction of sp³-hybridized carbons (Fsp3) is 0.409. The maximum atomic E-state index is 12.5. The number of carbonyl (C=O) groups is 1. The van der Waals surface area contributed by atoms with Crippen molar-refractivity contribution in [3.8, 4) is 11.3 Å². The molecule has 0 unspecified atom stereocenters. The number of Topliss-reactive ketones (excluding diaryl/α,β-unsaturated/α-hetero) is 1. The van der Waals surface area contributed by atoms with Crippen LogP contribution >= 0.6 is 0 Å². The molecule has 0 fully saturated rings. The molecule has 0 bridgehead atoms. The average Bonchev–Trinajstić information content (AvgIpc) is 2.96. The smallest absolute Gasteiger partial charge is 0.226 e. The first-order valence-electron chi connectivity index (χ1n) is 8.73. The van der Waals surface area contributed by atoms with Crippen LogP contribution in [0.25, 0.3) is 16.1 Å². The summed E-state index contributed by atoms with van der Waals surface area (Å²) in [6.45, 7) is 11.5. The molecular weight excluding hydrogens is 322 g/mol. The summed E-state index contributed by atoms with van der Waals surface area (Å²) in [6, 6.07) is 10.3. The summed E-state index contributed by atoms with van der Waals surface area (Å²) >= 11 is 0. The second-order valence-corrected chi connectivity index (χ2v) is 7.39. The Hall–Kier alpha value is -2.67. The molecule has 1 aromatic heterocycles. The maximum absolute atomic E-state index is 12.5. The van der Waals surface area contributed by atoms with E-state index < -0.39 is 0 Å². The fourth-order valence-electron chi connectivity index (χ4n) is 4.77. The molecule has 1 heterocycles. The molecule has 0 saturated carbocycles. The molecule has 0 saturated heterocycles. The van der Waals surface area contributed by atoms with Crippen molar-refractivity contribution < 1.29 is 4.79 Å². The summed E-state index contributed by atoms with van der Waals surface area (Å²) in [6.07, 6.45) is 3.75. The minimum atomic E-state index is -0.356. The topological polar surface area (TPSA) is 39.2 Å². The number of benzene rings is 1. The zero-order valence-electron chi connectivity index (χ0n) is 14.8. The first-order valence-corrected chi connectivity index (χ1v) is 8.73. The standard InChI is InChI=1S/C21H21N3O.CH4/c1-13-16-11-10-15-18(14-8-6-5-7-9-14)24(4)23-20(15)21(16,2)12-17(22-3)19(13)25;/h5-9,12-13,16H,10-11H2,1-2,4H3;1H4/t13-,16-,21-;/m0./s1. The summed E-state index contributed by atoms with van der Waals surface area (Å²) in [4.78, 5) is 16.0. The number of hydrogen-bond donors (Lipinski definition) is 0. The number of ketones is 1. The summed E-state index contributed by atoms with van der Waals surface area (Å²) in [7, 11) is 1.98. The highest BCUT2D eigenvalue weighted by molar-refractivity contribution is 6.00. The van der Waals surface area contributed by atoms with Crippen molar-refractivity contribution in [2.45, 2.75) is 39.5 Å². The highest BCUT2D eigenvalue weighted by Crippen LogP contribution is 2.51. The minimum Gasteiger partial charge on any atom is -0.308 e. The number of carbonyl (C=O) groups excluding carboxylic acids is 1. The number of aryl methyl sites for hydroxylation is 1. The third-order valence-electron chi connectivity index (χ3n) is 6.00. The molecular formula is C22H25N3O. The SMILES string of the molecule is C.[C-]#[N+]C1=C[C@]2(C)c3nn(C)c(-c4ccccc4)c3CC[C@H]2[C@H](C)C1=O. The molecule has 2 aliphatic rings. The number of rotatable bonds is 1. The van der Waals surface area contributed by atoms with Crippen LogP contribution in [-0.4, -0.2) is 15.6 Å².